The van der Waals surface area contributed by atoms with Gasteiger partial charge in [-0.25, -0.2) is 0 Å². The molecule has 0 atom stereocenters. The summed E-state index contributed by atoms with van der Waals surface area (Å²) in [5.41, 5.74) is 0. The van der Waals surface area contributed by atoms with Crippen molar-refractivity contribution in [2.75, 3.05) is 13.1 Å². The predicted octanol–water partition coefficient (Wildman–Crippen LogP) is 1.90. The molecule has 0 rings (SSSR count). The maximum Gasteiger partial charge on any atom is 0.366 e. The van der Waals surface area contributed by atoms with Crippen molar-refractivity contribution in [1.82, 2.24) is 4.90 Å². The third-order valence-corrected chi connectivity index (χ3v) is 2.74. The van der Waals surface area contributed by atoms with E-state index >= 15 is 0 Å². The molecule has 1 amide bonds. The Kier molecular flexibility index (Phi) is 6.51. The standard InChI is InChI=1S/C9H19NO4S/c1-3-5-7-10(8-6-4-2)9(11)15(12,13)14/h3-8H2,1-2H3,(H,12,13,14). The molecule has 0 saturated carbocycles. The smallest absolute Gasteiger partial charge is 0.327 e. The number of carbonyl (C=O) groups is 1. The van der Waals surface area contributed by atoms with Gasteiger partial charge in [-0.15, -0.1) is 0 Å². The molecule has 0 aliphatic carbocycles. The Hall–Kier alpha value is -0.620. The first-order valence-electron chi connectivity index (χ1n) is 5.19. The molecule has 0 radical (unpaired) electrons. The van der Waals surface area contributed by atoms with Gasteiger partial charge in [-0.3, -0.25) is 9.35 Å². The largest absolute Gasteiger partial charge is 0.366 e. The molecular formula is C9H19NO4S. The van der Waals surface area contributed by atoms with Crippen LogP contribution in [0.1, 0.15) is 39.5 Å². The van der Waals surface area contributed by atoms with Gasteiger partial charge in [0.2, 0.25) is 0 Å². The van der Waals surface area contributed by atoms with E-state index in [0.717, 1.165) is 25.7 Å². The molecule has 90 valence electrons. The lowest BCUT2D eigenvalue weighted by Gasteiger charge is -2.20. The van der Waals surface area contributed by atoms with Crippen LogP contribution in [0.5, 0.6) is 0 Å². The second kappa shape index (κ2) is 6.79. The van der Waals surface area contributed by atoms with E-state index < -0.39 is 15.4 Å². The monoisotopic (exact) mass is 237 g/mol. The van der Waals surface area contributed by atoms with E-state index in [1.54, 1.807) is 0 Å². The summed E-state index contributed by atoms with van der Waals surface area (Å²) < 4.78 is 30.0. The van der Waals surface area contributed by atoms with Crippen LogP contribution in [0.15, 0.2) is 0 Å². The number of amides is 1. The molecule has 0 unspecified atom stereocenters. The van der Waals surface area contributed by atoms with E-state index in [1.807, 2.05) is 13.8 Å². The normalized spacial score (nSPS) is 11.4. The van der Waals surface area contributed by atoms with Crippen molar-refractivity contribution in [3.05, 3.63) is 0 Å². The summed E-state index contributed by atoms with van der Waals surface area (Å²) in [6.45, 7) is 4.68. The van der Waals surface area contributed by atoms with E-state index in [9.17, 15) is 13.2 Å². The molecule has 6 heteroatoms. The van der Waals surface area contributed by atoms with Gasteiger partial charge in [-0.2, -0.15) is 8.42 Å². The van der Waals surface area contributed by atoms with Crippen LogP contribution in [-0.2, 0) is 10.1 Å². The Morgan fingerprint density at radius 3 is 1.80 bits per heavy atom. The summed E-state index contributed by atoms with van der Waals surface area (Å²) in [4.78, 5) is 12.5. The number of carbonyl (C=O) groups excluding carboxylic acids is 1. The lowest BCUT2D eigenvalue weighted by atomic mass is 10.3. The van der Waals surface area contributed by atoms with Gasteiger partial charge in [0.25, 0.3) is 0 Å². The van der Waals surface area contributed by atoms with Crippen LogP contribution in [0.4, 0.5) is 4.79 Å². The highest BCUT2D eigenvalue weighted by Gasteiger charge is 2.24. The second-order valence-corrected chi connectivity index (χ2v) is 4.73. The summed E-state index contributed by atoms with van der Waals surface area (Å²) in [6.07, 6.45) is 3.23. The number of hydrogen-bond donors (Lipinski definition) is 1. The molecule has 0 heterocycles. The van der Waals surface area contributed by atoms with Crippen molar-refractivity contribution in [3.63, 3.8) is 0 Å². The van der Waals surface area contributed by atoms with E-state index in [1.165, 1.54) is 4.90 Å². The highest BCUT2D eigenvalue weighted by molar-refractivity contribution is 8.01. The van der Waals surface area contributed by atoms with Crippen molar-refractivity contribution in [2.24, 2.45) is 0 Å². The molecule has 0 spiro atoms. The molecule has 5 nitrogen and oxygen atoms in total. The van der Waals surface area contributed by atoms with Crippen LogP contribution in [0.3, 0.4) is 0 Å². The van der Waals surface area contributed by atoms with Crippen molar-refractivity contribution >= 4 is 15.4 Å². The number of rotatable bonds is 6. The zero-order valence-electron chi connectivity index (χ0n) is 9.27. The second-order valence-electron chi connectivity index (χ2n) is 3.44. The minimum absolute atomic E-state index is 0.384. The van der Waals surface area contributed by atoms with Crippen LogP contribution in [0, 0.1) is 0 Å². The number of hydrogen-bond acceptors (Lipinski definition) is 3. The molecule has 0 aliphatic heterocycles. The molecule has 0 bridgehead atoms. The van der Waals surface area contributed by atoms with Gasteiger partial charge in [-0.1, -0.05) is 26.7 Å². The van der Waals surface area contributed by atoms with Crippen LogP contribution >= 0.6 is 0 Å². The molecule has 1 N–H and O–H groups in total. The summed E-state index contributed by atoms with van der Waals surface area (Å²) in [5, 5.41) is -1.18. The topological polar surface area (TPSA) is 74.7 Å². The third kappa shape index (κ3) is 5.74. The van der Waals surface area contributed by atoms with E-state index in [2.05, 4.69) is 0 Å². The van der Waals surface area contributed by atoms with E-state index in [-0.39, 0.29) is 0 Å². The maximum atomic E-state index is 11.3. The van der Waals surface area contributed by atoms with Crippen LogP contribution in [-0.4, -0.2) is 36.2 Å². The first kappa shape index (κ1) is 14.4. The average molecular weight is 237 g/mol. The zero-order chi connectivity index (χ0) is 11.9. The number of nitrogens with zero attached hydrogens (tertiary/aromatic N) is 1. The van der Waals surface area contributed by atoms with E-state index in [4.69, 9.17) is 4.55 Å². The minimum Gasteiger partial charge on any atom is -0.327 e. The molecule has 0 aromatic rings. The van der Waals surface area contributed by atoms with Crippen molar-refractivity contribution in [2.45, 2.75) is 39.5 Å². The highest BCUT2D eigenvalue weighted by Crippen LogP contribution is 2.04. The Labute approximate surface area is 91.2 Å². The van der Waals surface area contributed by atoms with Crippen LogP contribution in [0.25, 0.3) is 0 Å². The van der Waals surface area contributed by atoms with Gasteiger partial charge in [0.1, 0.15) is 0 Å². The Balaban J connectivity index is 4.41. The van der Waals surface area contributed by atoms with Gasteiger partial charge in [0, 0.05) is 13.1 Å². The fourth-order valence-corrected chi connectivity index (χ4v) is 1.66. The summed E-state index contributed by atoms with van der Waals surface area (Å²) in [6, 6.07) is 0. The minimum atomic E-state index is -4.58. The summed E-state index contributed by atoms with van der Waals surface area (Å²) in [7, 11) is -4.58. The highest BCUT2D eigenvalue weighted by atomic mass is 32.2. The SMILES string of the molecule is CCCCN(CCCC)C(=O)S(=O)(=O)O. The zero-order valence-corrected chi connectivity index (χ0v) is 10.1. The first-order valence-corrected chi connectivity index (χ1v) is 6.63. The van der Waals surface area contributed by atoms with Gasteiger partial charge in [0.15, 0.2) is 0 Å². The predicted molar refractivity (Wildman–Crippen MR) is 58.3 cm³/mol. The van der Waals surface area contributed by atoms with Crippen molar-refractivity contribution in [3.8, 4) is 0 Å². The molecule has 0 aromatic heterocycles. The molecule has 0 fully saturated rings. The van der Waals surface area contributed by atoms with Gasteiger partial charge in [-0.05, 0) is 12.8 Å². The molecule has 15 heavy (non-hydrogen) atoms. The number of unbranched alkanes of at least 4 members (excludes halogenated alkanes) is 2. The maximum absolute atomic E-state index is 11.3. The molecule has 0 saturated heterocycles. The molecular weight excluding hydrogens is 218 g/mol. The van der Waals surface area contributed by atoms with Crippen LogP contribution < -0.4 is 0 Å². The Morgan fingerprint density at radius 2 is 1.53 bits per heavy atom. The van der Waals surface area contributed by atoms with Crippen molar-refractivity contribution < 1.29 is 17.8 Å². The average Bonchev–Trinajstić information content (AvgIpc) is 2.16. The quantitative estimate of drug-likeness (QED) is 0.716. The van der Waals surface area contributed by atoms with E-state index in [0.29, 0.717) is 13.1 Å². The van der Waals surface area contributed by atoms with Gasteiger partial charge < -0.3 is 4.90 Å². The Morgan fingerprint density at radius 1 is 1.13 bits per heavy atom. The first-order chi connectivity index (χ1) is 6.93. The lowest BCUT2D eigenvalue weighted by Crippen LogP contribution is -2.36. The lowest BCUT2D eigenvalue weighted by molar-refractivity contribution is 0.215. The van der Waals surface area contributed by atoms with Crippen LogP contribution in [0.2, 0.25) is 0 Å². The Bertz CT molecular complexity index is 278. The fourth-order valence-electron chi connectivity index (χ4n) is 1.16. The summed E-state index contributed by atoms with van der Waals surface area (Å²) in [5.74, 6) is 0. The fraction of sp³-hybridized carbons (Fsp3) is 0.889. The molecule has 0 aliphatic rings. The third-order valence-electron chi connectivity index (χ3n) is 2.04. The van der Waals surface area contributed by atoms with Gasteiger partial charge >= 0.3 is 15.4 Å². The van der Waals surface area contributed by atoms with Crippen molar-refractivity contribution in [1.29, 1.82) is 0 Å². The van der Waals surface area contributed by atoms with Gasteiger partial charge in [0.05, 0.1) is 0 Å². The molecule has 0 aromatic carbocycles. The summed E-state index contributed by atoms with van der Waals surface area (Å²) >= 11 is 0.